The predicted octanol–water partition coefficient (Wildman–Crippen LogP) is 1.94. The molecule has 0 saturated carbocycles. The van der Waals surface area contributed by atoms with Gasteiger partial charge in [-0.2, -0.15) is 0 Å². The number of nitrogens with zero attached hydrogens (tertiary/aromatic N) is 2. The van der Waals surface area contributed by atoms with E-state index in [9.17, 15) is 18.0 Å². The number of carbonyl (C=O) groups excluding carboxylic acids is 2. The molecule has 0 bridgehead atoms. The molecule has 1 N–H and O–H groups in total. The highest BCUT2D eigenvalue weighted by Gasteiger charge is 2.26. The Morgan fingerprint density at radius 1 is 0.893 bits per heavy atom. The number of sulfonamides is 1. The van der Waals surface area contributed by atoms with Gasteiger partial charge in [-0.25, -0.2) is 8.42 Å². The fourth-order valence-corrected chi connectivity index (χ4v) is 3.84. The van der Waals surface area contributed by atoms with Crippen molar-refractivity contribution in [3.05, 3.63) is 59.7 Å². The van der Waals surface area contributed by atoms with Gasteiger partial charge in [-0.1, -0.05) is 12.1 Å². The smallest absolute Gasteiger partial charge is 0.255 e. The molecule has 28 heavy (non-hydrogen) atoms. The summed E-state index contributed by atoms with van der Waals surface area (Å²) in [4.78, 5) is 29.3. The van der Waals surface area contributed by atoms with Gasteiger partial charge in [0, 0.05) is 42.3 Å². The lowest BCUT2D eigenvalue weighted by Gasteiger charge is -2.35. The summed E-state index contributed by atoms with van der Waals surface area (Å²) in [5.41, 5.74) is 1.43. The third-order valence-electron chi connectivity index (χ3n) is 4.42. The Kier molecular flexibility index (Phi) is 5.95. The zero-order chi connectivity index (χ0) is 20.3. The topological polar surface area (TPSA) is 86.8 Å². The maximum Gasteiger partial charge on any atom is 0.255 e. The standard InChI is InChI=1S/C19H21N3O4S2/c1-28(25,26)20-15-8-6-14(7-9-15)18(23)21-10-12-22(13-11-21)19(24)16-4-2-3-5-17(16)27/h2-9,20,27H,10-13H2,1H3. The van der Waals surface area contributed by atoms with Crippen LogP contribution in [-0.4, -0.2) is 62.5 Å². The molecule has 0 spiro atoms. The molecule has 1 fully saturated rings. The van der Waals surface area contributed by atoms with E-state index in [4.69, 9.17) is 0 Å². The molecule has 2 aromatic rings. The summed E-state index contributed by atoms with van der Waals surface area (Å²) >= 11 is 4.33. The second-order valence-corrected chi connectivity index (χ2v) is 8.78. The maximum absolute atomic E-state index is 12.7. The molecule has 1 saturated heterocycles. The zero-order valence-corrected chi connectivity index (χ0v) is 17.0. The first kappa shape index (κ1) is 20.2. The van der Waals surface area contributed by atoms with Crippen LogP contribution in [-0.2, 0) is 10.0 Å². The van der Waals surface area contributed by atoms with Crippen molar-refractivity contribution < 1.29 is 18.0 Å². The number of thiol groups is 1. The highest BCUT2D eigenvalue weighted by molar-refractivity contribution is 7.92. The Bertz CT molecular complexity index is 982. The third-order valence-corrected chi connectivity index (χ3v) is 5.42. The monoisotopic (exact) mass is 419 g/mol. The molecule has 0 radical (unpaired) electrons. The van der Waals surface area contributed by atoms with Crippen LogP contribution in [0.4, 0.5) is 5.69 Å². The van der Waals surface area contributed by atoms with Crippen LogP contribution in [0.15, 0.2) is 53.4 Å². The number of anilines is 1. The second kappa shape index (κ2) is 8.24. The number of nitrogens with one attached hydrogen (secondary N) is 1. The van der Waals surface area contributed by atoms with Crippen LogP contribution >= 0.6 is 12.6 Å². The van der Waals surface area contributed by atoms with E-state index in [1.165, 1.54) is 0 Å². The summed E-state index contributed by atoms with van der Waals surface area (Å²) < 4.78 is 24.9. The summed E-state index contributed by atoms with van der Waals surface area (Å²) in [6.45, 7) is 1.76. The number of piperazine rings is 1. The first-order valence-electron chi connectivity index (χ1n) is 8.69. The summed E-state index contributed by atoms with van der Waals surface area (Å²) in [5, 5.41) is 0. The van der Waals surface area contributed by atoms with Crippen molar-refractivity contribution in [3.63, 3.8) is 0 Å². The number of rotatable bonds is 4. The molecule has 2 amide bonds. The largest absolute Gasteiger partial charge is 0.335 e. The number of hydrogen-bond acceptors (Lipinski definition) is 5. The lowest BCUT2D eigenvalue weighted by Crippen LogP contribution is -2.50. The van der Waals surface area contributed by atoms with E-state index in [1.54, 1.807) is 52.3 Å². The fraction of sp³-hybridized carbons (Fsp3) is 0.263. The van der Waals surface area contributed by atoms with Gasteiger partial charge in [-0.05, 0) is 36.4 Å². The van der Waals surface area contributed by atoms with E-state index in [2.05, 4.69) is 17.4 Å². The van der Waals surface area contributed by atoms with Crippen LogP contribution in [0.5, 0.6) is 0 Å². The molecule has 148 valence electrons. The molecule has 1 aliphatic rings. The van der Waals surface area contributed by atoms with E-state index in [1.807, 2.05) is 6.07 Å². The van der Waals surface area contributed by atoms with E-state index in [0.29, 0.717) is 47.9 Å². The normalized spacial score (nSPS) is 14.6. The maximum atomic E-state index is 12.7. The van der Waals surface area contributed by atoms with Crippen LogP contribution in [0.25, 0.3) is 0 Å². The van der Waals surface area contributed by atoms with E-state index in [-0.39, 0.29) is 11.8 Å². The number of carbonyl (C=O) groups is 2. The first-order valence-corrected chi connectivity index (χ1v) is 11.0. The highest BCUT2D eigenvalue weighted by atomic mass is 32.2. The van der Waals surface area contributed by atoms with Gasteiger partial charge in [-0.3, -0.25) is 14.3 Å². The molecule has 0 aliphatic carbocycles. The number of hydrogen-bond donors (Lipinski definition) is 2. The van der Waals surface area contributed by atoms with Crippen molar-refractivity contribution in [1.82, 2.24) is 9.80 Å². The van der Waals surface area contributed by atoms with Crippen molar-refractivity contribution in [2.24, 2.45) is 0 Å². The van der Waals surface area contributed by atoms with Gasteiger partial charge in [0.1, 0.15) is 0 Å². The Morgan fingerprint density at radius 3 is 1.96 bits per heavy atom. The molecular formula is C19H21N3O4S2. The van der Waals surface area contributed by atoms with E-state index < -0.39 is 10.0 Å². The molecule has 9 heteroatoms. The molecule has 0 unspecified atom stereocenters. The molecule has 1 aliphatic heterocycles. The quantitative estimate of drug-likeness (QED) is 0.742. The van der Waals surface area contributed by atoms with Gasteiger partial charge in [0.05, 0.1) is 11.8 Å². The Hall–Kier alpha value is -2.52. The molecule has 0 aromatic heterocycles. The summed E-state index contributed by atoms with van der Waals surface area (Å²) in [6, 6.07) is 13.4. The van der Waals surface area contributed by atoms with Crippen molar-refractivity contribution in [2.45, 2.75) is 4.90 Å². The minimum atomic E-state index is -3.36. The van der Waals surface area contributed by atoms with Gasteiger partial charge in [0.15, 0.2) is 0 Å². The molecular weight excluding hydrogens is 398 g/mol. The van der Waals surface area contributed by atoms with Crippen molar-refractivity contribution in [1.29, 1.82) is 0 Å². The van der Waals surface area contributed by atoms with Gasteiger partial charge >= 0.3 is 0 Å². The molecule has 2 aromatic carbocycles. The van der Waals surface area contributed by atoms with Crippen LogP contribution in [0.2, 0.25) is 0 Å². The van der Waals surface area contributed by atoms with Crippen LogP contribution in [0.1, 0.15) is 20.7 Å². The zero-order valence-electron chi connectivity index (χ0n) is 15.3. The molecule has 3 rings (SSSR count). The van der Waals surface area contributed by atoms with Crippen molar-refractivity contribution in [3.8, 4) is 0 Å². The van der Waals surface area contributed by atoms with Crippen LogP contribution in [0, 0.1) is 0 Å². The van der Waals surface area contributed by atoms with Gasteiger partial charge in [0.2, 0.25) is 10.0 Å². The molecule has 7 nitrogen and oxygen atoms in total. The average Bonchev–Trinajstić information content (AvgIpc) is 2.67. The Morgan fingerprint density at radius 2 is 1.43 bits per heavy atom. The SMILES string of the molecule is CS(=O)(=O)Nc1ccc(C(=O)N2CCN(C(=O)c3ccccc3S)CC2)cc1. The summed E-state index contributed by atoms with van der Waals surface area (Å²) in [5.74, 6) is -0.235. The number of benzene rings is 2. The lowest BCUT2D eigenvalue weighted by atomic mass is 10.1. The van der Waals surface area contributed by atoms with Crippen LogP contribution < -0.4 is 4.72 Å². The van der Waals surface area contributed by atoms with E-state index >= 15 is 0 Å². The van der Waals surface area contributed by atoms with E-state index in [0.717, 1.165) is 6.26 Å². The van der Waals surface area contributed by atoms with Crippen molar-refractivity contribution in [2.75, 3.05) is 37.2 Å². The number of amides is 2. The minimum absolute atomic E-state index is 0.0890. The second-order valence-electron chi connectivity index (χ2n) is 6.55. The van der Waals surface area contributed by atoms with Gasteiger partial charge in [0.25, 0.3) is 11.8 Å². The first-order chi connectivity index (χ1) is 13.2. The van der Waals surface area contributed by atoms with Gasteiger partial charge < -0.3 is 9.80 Å². The Balaban J connectivity index is 1.61. The predicted molar refractivity (Wildman–Crippen MR) is 110 cm³/mol. The molecule has 0 atom stereocenters. The fourth-order valence-electron chi connectivity index (χ4n) is 3.01. The summed E-state index contributed by atoms with van der Waals surface area (Å²) in [6.07, 6.45) is 1.07. The third kappa shape index (κ3) is 4.85. The average molecular weight is 420 g/mol. The minimum Gasteiger partial charge on any atom is -0.335 e. The van der Waals surface area contributed by atoms with Crippen molar-refractivity contribution >= 4 is 40.2 Å². The Labute approximate surface area is 169 Å². The lowest BCUT2D eigenvalue weighted by molar-refractivity contribution is 0.0533. The highest BCUT2D eigenvalue weighted by Crippen LogP contribution is 2.18. The summed E-state index contributed by atoms with van der Waals surface area (Å²) in [7, 11) is -3.36. The van der Waals surface area contributed by atoms with Gasteiger partial charge in [-0.15, -0.1) is 12.6 Å². The molecule has 1 heterocycles. The van der Waals surface area contributed by atoms with Crippen LogP contribution in [0.3, 0.4) is 0 Å².